The van der Waals surface area contributed by atoms with Gasteiger partial charge in [-0.1, -0.05) is 30.3 Å². The highest BCUT2D eigenvalue weighted by Gasteiger charge is 2.22. The molecule has 1 rings (SSSR count). The van der Waals surface area contributed by atoms with Gasteiger partial charge in [-0.15, -0.1) is 0 Å². The Hall–Kier alpha value is -0.950. The van der Waals surface area contributed by atoms with Gasteiger partial charge in [0.2, 0.25) is 0 Å². The van der Waals surface area contributed by atoms with Gasteiger partial charge in [-0.05, 0) is 12.5 Å². The van der Waals surface area contributed by atoms with Crippen molar-refractivity contribution in [2.24, 2.45) is 5.73 Å². The zero-order valence-corrected chi connectivity index (χ0v) is 9.02. The molecule has 0 aromatic heterocycles. The van der Waals surface area contributed by atoms with Crippen LogP contribution in [0.5, 0.6) is 0 Å². The summed E-state index contributed by atoms with van der Waals surface area (Å²) >= 11 is 0. The van der Waals surface area contributed by atoms with Crippen molar-refractivity contribution in [2.45, 2.75) is 19.1 Å². The summed E-state index contributed by atoms with van der Waals surface area (Å²) in [6.07, 6.45) is -0.874. The second-order valence-electron chi connectivity index (χ2n) is 3.21. The molecule has 84 valence electrons. The molecule has 0 saturated heterocycles. The molecular formula is C9H13NO4S. The Morgan fingerprint density at radius 1 is 1.33 bits per heavy atom. The molecule has 0 amide bonds. The zero-order chi connectivity index (χ0) is 11.5. The number of hydrogen-bond donors (Lipinski definition) is 2. The first kappa shape index (κ1) is 12.1. The van der Waals surface area contributed by atoms with Gasteiger partial charge in [-0.25, -0.2) is 4.18 Å². The quantitative estimate of drug-likeness (QED) is 0.751. The van der Waals surface area contributed by atoms with E-state index in [0.29, 0.717) is 5.56 Å². The Morgan fingerprint density at radius 2 is 1.87 bits per heavy atom. The predicted molar refractivity (Wildman–Crippen MR) is 55.5 cm³/mol. The fraction of sp³-hybridized carbons (Fsp3) is 0.333. The van der Waals surface area contributed by atoms with Crippen LogP contribution in [0.3, 0.4) is 0 Å². The maximum atomic E-state index is 10.6. The minimum atomic E-state index is -4.50. The third-order valence-corrected chi connectivity index (χ3v) is 2.28. The monoisotopic (exact) mass is 231 g/mol. The molecule has 0 fully saturated rings. The maximum absolute atomic E-state index is 10.6. The van der Waals surface area contributed by atoms with Crippen molar-refractivity contribution in [3.05, 3.63) is 35.9 Å². The van der Waals surface area contributed by atoms with E-state index in [2.05, 4.69) is 4.18 Å². The Kier molecular flexibility index (Phi) is 3.81. The lowest BCUT2D eigenvalue weighted by atomic mass is 10.0. The van der Waals surface area contributed by atoms with E-state index in [1.807, 2.05) is 0 Å². The highest BCUT2D eigenvalue weighted by Crippen LogP contribution is 2.21. The third kappa shape index (κ3) is 3.96. The molecule has 2 unspecified atom stereocenters. The maximum Gasteiger partial charge on any atom is 0.398 e. The lowest BCUT2D eigenvalue weighted by Crippen LogP contribution is -2.28. The van der Waals surface area contributed by atoms with Gasteiger partial charge in [-0.3, -0.25) is 4.55 Å². The number of hydrogen-bond acceptors (Lipinski definition) is 4. The van der Waals surface area contributed by atoms with Crippen molar-refractivity contribution in [1.82, 2.24) is 0 Å². The summed E-state index contributed by atoms with van der Waals surface area (Å²) in [7, 11) is -4.50. The third-order valence-electron chi connectivity index (χ3n) is 1.83. The van der Waals surface area contributed by atoms with Crippen molar-refractivity contribution < 1.29 is 17.2 Å². The molecule has 6 heteroatoms. The van der Waals surface area contributed by atoms with Gasteiger partial charge in [0.15, 0.2) is 0 Å². The standard InChI is InChI=1S/C9H13NO4S/c1-7(10)9(14-15(11,12)13)8-5-3-2-4-6-8/h2-7,9H,10H2,1H3,(H,11,12,13). The average molecular weight is 231 g/mol. The first-order chi connectivity index (χ1) is 6.90. The van der Waals surface area contributed by atoms with Gasteiger partial charge in [0, 0.05) is 6.04 Å². The molecule has 0 saturated carbocycles. The SMILES string of the molecule is CC(N)C(OS(=O)(=O)O)c1ccccc1. The summed E-state index contributed by atoms with van der Waals surface area (Å²) in [5, 5.41) is 0. The van der Waals surface area contributed by atoms with E-state index in [4.69, 9.17) is 10.3 Å². The molecule has 0 bridgehead atoms. The summed E-state index contributed by atoms with van der Waals surface area (Å²) in [4.78, 5) is 0. The highest BCUT2D eigenvalue weighted by atomic mass is 32.3. The molecule has 2 atom stereocenters. The second-order valence-corrected chi connectivity index (χ2v) is 4.26. The molecule has 0 aliphatic carbocycles. The minimum Gasteiger partial charge on any atom is -0.325 e. The van der Waals surface area contributed by atoms with Crippen molar-refractivity contribution in [2.75, 3.05) is 0 Å². The Balaban J connectivity index is 2.95. The van der Waals surface area contributed by atoms with Crippen LogP contribution in [-0.2, 0) is 14.6 Å². The zero-order valence-electron chi connectivity index (χ0n) is 8.20. The molecule has 0 aliphatic heterocycles. The first-order valence-corrected chi connectivity index (χ1v) is 5.73. The molecule has 3 N–H and O–H groups in total. The van der Waals surface area contributed by atoms with Crippen LogP contribution < -0.4 is 5.73 Å². The topological polar surface area (TPSA) is 89.6 Å². The fourth-order valence-corrected chi connectivity index (χ4v) is 1.77. The van der Waals surface area contributed by atoms with Gasteiger partial charge in [0.25, 0.3) is 0 Å². The smallest absolute Gasteiger partial charge is 0.325 e. The summed E-state index contributed by atoms with van der Waals surface area (Å²) in [5.41, 5.74) is 6.18. The average Bonchev–Trinajstić information content (AvgIpc) is 2.14. The van der Waals surface area contributed by atoms with Gasteiger partial charge in [0.1, 0.15) is 6.10 Å². The Labute approximate surface area is 88.8 Å². The van der Waals surface area contributed by atoms with E-state index < -0.39 is 22.5 Å². The molecule has 5 nitrogen and oxygen atoms in total. The molecule has 0 aliphatic rings. The van der Waals surface area contributed by atoms with E-state index in [0.717, 1.165) is 0 Å². The summed E-state index contributed by atoms with van der Waals surface area (Å²) < 4.78 is 34.3. The van der Waals surface area contributed by atoms with Crippen LogP contribution >= 0.6 is 0 Å². The van der Waals surface area contributed by atoms with Crippen LogP contribution in [0.2, 0.25) is 0 Å². The molecule has 0 spiro atoms. The molecule has 0 heterocycles. The molecular weight excluding hydrogens is 218 g/mol. The van der Waals surface area contributed by atoms with E-state index in [1.165, 1.54) is 0 Å². The van der Waals surface area contributed by atoms with E-state index in [9.17, 15) is 8.42 Å². The van der Waals surface area contributed by atoms with Crippen molar-refractivity contribution in [3.63, 3.8) is 0 Å². The van der Waals surface area contributed by atoms with E-state index >= 15 is 0 Å². The fourth-order valence-electron chi connectivity index (χ4n) is 1.22. The summed E-state index contributed by atoms with van der Waals surface area (Å²) in [5.74, 6) is 0. The number of benzene rings is 1. The van der Waals surface area contributed by atoms with Crippen LogP contribution in [0.15, 0.2) is 30.3 Å². The van der Waals surface area contributed by atoms with Gasteiger partial charge in [0.05, 0.1) is 0 Å². The van der Waals surface area contributed by atoms with Crippen LogP contribution in [0.1, 0.15) is 18.6 Å². The van der Waals surface area contributed by atoms with Crippen LogP contribution in [-0.4, -0.2) is 19.0 Å². The number of rotatable bonds is 4. The molecule has 0 radical (unpaired) electrons. The van der Waals surface area contributed by atoms with E-state index in [-0.39, 0.29) is 0 Å². The van der Waals surface area contributed by atoms with Crippen LogP contribution in [0.4, 0.5) is 0 Å². The van der Waals surface area contributed by atoms with Crippen molar-refractivity contribution in [1.29, 1.82) is 0 Å². The normalized spacial score (nSPS) is 15.9. The second kappa shape index (κ2) is 4.71. The molecule has 15 heavy (non-hydrogen) atoms. The van der Waals surface area contributed by atoms with Crippen molar-refractivity contribution >= 4 is 10.4 Å². The Bertz CT molecular complexity index is 401. The lowest BCUT2D eigenvalue weighted by molar-refractivity contribution is 0.163. The molecule has 1 aromatic rings. The van der Waals surface area contributed by atoms with Gasteiger partial charge < -0.3 is 5.73 Å². The highest BCUT2D eigenvalue weighted by molar-refractivity contribution is 7.80. The lowest BCUT2D eigenvalue weighted by Gasteiger charge is -2.19. The van der Waals surface area contributed by atoms with Crippen molar-refractivity contribution in [3.8, 4) is 0 Å². The Morgan fingerprint density at radius 3 is 2.27 bits per heavy atom. The van der Waals surface area contributed by atoms with Gasteiger partial charge >= 0.3 is 10.4 Å². The predicted octanol–water partition coefficient (Wildman–Crippen LogP) is 0.894. The first-order valence-electron chi connectivity index (χ1n) is 4.36. The minimum absolute atomic E-state index is 0.547. The van der Waals surface area contributed by atoms with Crippen LogP contribution in [0, 0.1) is 0 Å². The molecule has 1 aromatic carbocycles. The summed E-state index contributed by atoms with van der Waals surface area (Å²) in [6, 6.07) is 8.07. The van der Waals surface area contributed by atoms with E-state index in [1.54, 1.807) is 37.3 Å². The number of nitrogens with two attached hydrogens (primary N) is 1. The van der Waals surface area contributed by atoms with Gasteiger partial charge in [-0.2, -0.15) is 8.42 Å². The van der Waals surface area contributed by atoms with Crippen LogP contribution in [0.25, 0.3) is 0 Å². The summed E-state index contributed by atoms with van der Waals surface area (Å²) in [6.45, 7) is 1.60. The largest absolute Gasteiger partial charge is 0.398 e.